The van der Waals surface area contributed by atoms with E-state index in [2.05, 4.69) is 94.9 Å². The molecule has 6 heteroatoms. The van der Waals surface area contributed by atoms with E-state index in [1.165, 1.54) is 11.1 Å². The maximum atomic E-state index is 5.87. The largest absolute Gasteiger partial charge is 0.351 e. The van der Waals surface area contributed by atoms with Crippen molar-refractivity contribution in [3.05, 3.63) is 107 Å². The van der Waals surface area contributed by atoms with Crippen molar-refractivity contribution in [3.8, 4) is 5.82 Å². The Labute approximate surface area is 200 Å². The fourth-order valence-electron chi connectivity index (χ4n) is 4.78. The maximum absolute atomic E-state index is 5.87. The van der Waals surface area contributed by atoms with E-state index in [9.17, 15) is 0 Å². The molecule has 0 bridgehead atoms. The lowest BCUT2D eigenvalue weighted by atomic mass is 9.96. The zero-order chi connectivity index (χ0) is 23.1. The summed E-state index contributed by atoms with van der Waals surface area (Å²) in [5, 5.41) is 4.27. The molecule has 33 heavy (non-hydrogen) atoms. The number of thiocarbonyl (C=S) groups is 1. The van der Waals surface area contributed by atoms with E-state index in [-0.39, 0.29) is 12.1 Å². The molecule has 1 fully saturated rings. The van der Waals surface area contributed by atoms with Gasteiger partial charge in [0.05, 0.1) is 17.8 Å². The van der Waals surface area contributed by atoms with Crippen LogP contribution < -0.4 is 10.2 Å². The van der Waals surface area contributed by atoms with Gasteiger partial charge in [0.25, 0.3) is 0 Å². The van der Waals surface area contributed by atoms with E-state index in [4.69, 9.17) is 12.2 Å². The van der Waals surface area contributed by atoms with E-state index in [0.29, 0.717) is 5.11 Å². The molecule has 1 saturated heterocycles. The van der Waals surface area contributed by atoms with Crippen molar-refractivity contribution >= 4 is 23.0 Å². The highest BCUT2D eigenvalue weighted by molar-refractivity contribution is 7.80. The van der Waals surface area contributed by atoms with Gasteiger partial charge >= 0.3 is 0 Å². The predicted molar refractivity (Wildman–Crippen MR) is 137 cm³/mol. The fourth-order valence-corrected chi connectivity index (χ4v) is 5.12. The summed E-state index contributed by atoms with van der Waals surface area (Å²) in [5.74, 6) is 0.962. The van der Waals surface area contributed by atoms with Gasteiger partial charge in [-0.2, -0.15) is 0 Å². The highest BCUT2D eigenvalue weighted by Crippen LogP contribution is 2.43. The van der Waals surface area contributed by atoms with Gasteiger partial charge in [-0.05, 0) is 87.4 Å². The lowest BCUT2D eigenvalue weighted by molar-refractivity contribution is 0.565. The standard InChI is InChI=1S/C27H27N5S/c1-17-10-12-21(13-11-17)32-25(24(30-27(32)33)23-9-5-6-14-28-23)22-16-19(3)31(20(22)4)26-18(2)8-7-15-29-26/h5-16,24-25H,1-4H3,(H,30,33)/t24-,25+/m0/s1. The Balaban J connectivity index is 1.69. The van der Waals surface area contributed by atoms with Gasteiger partial charge in [0.2, 0.25) is 0 Å². The second-order valence-electron chi connectivity index (χ2n) is 8.64. The minimum Gasteiger partial charge on any atom is -0.351 e. The summed E-state index contributed by atoms with van der Waals surface area (Å²) in [6, 6.07) is 20.8. The monoisotopic (exact) mass is 453 g/mol. The Bertz CT molecular complexity index is 1310. The first-order chi connectivity index (χ1) is 16.0. The first-order valence-electron chi connectivity index (χ1n) is 11.1. The summed E-state index contributed by atoms with van der Waals surface area (Å²) in [6.07, 6.45) is 3.69. The third-order valence-corrected chi connectivity index (χ3v) is 6.71. The Morgan fingerprint density at radius 3 is 2.33 bits per heavy atom. The highest BCUT2D eigenvalue weighted by atomic mass is 32.1. The summed E-state index contributed by atoms with van der Waals surface area (Å²) in [6.45, 7) is 8.50. The molecule has 1 aliphatic heterocycles. The Morgan fingerprint density at radius 2 is 1.64 bits per heavy atom. The molecule has 0 spiro atoms. The van der Waals surface area contributed by atoms with E-state index < -0.39 is 0 Å². The molecule has 1 aliphatic rings. The normalized spacial score (nSPS) is 17.9. The molecule has 0 saturated carbocycles. The molecule has 0 amide bonds. The molecule has 5 rings (SSSR count). The van der Waals surface area contributed by atoms with Gasteiger partial charge < -0.3 is 14.8 Å². The van der Waals surface area contributed by atoms with E-state index in [1.807, 2.05) is 30.6 Å². The van der Waals surface area contributed by atoms with Crippen LogP contribution in [0.1, 0.15) is 45.9 Å². The van der Waals surface area contributed by atoms with E-state index in [0.717, 1.165) is 34.2 Å². The van der Waals surface area contributed by atoms with Crippen LogP contribution in [0.25, 0.3) is 5.82 Å². The molecule has 0 aliphatic carbocycles. The zero-order valence-electron chi connectivity index (χ0n) is 19.3. The van der Waals surface area contributed by atoms with Crippen molar-refractivity contribution in [2.24, 2.45) is 0 Å². The molecule has 5 nitrogen and oxygen atoms in total. The smallest absolute Gasteiger partial charge is 0.174 e. The van der Waals surface area contributed by atoms with Crippen LogP contribution in [0.2, 0.25) is 0 Å². The molecule has 166 valence electrons. The first kappa shape index (κ1) is 21.3. The SMILES string of the molecule is Cc1ccc(N2C(=S)N[C@@H](c3ccccn3)[C@H]2c2cc(C)n(-c3ncccc3C)c2C)cc1. The van der Waals surface area contributed by atoms with Gasteiger partial charge in [0.15, 0.2) is 5.11 Å². The highest BCUT2D eigenvalue weighted by Gasteiger charge is 2.42. The lowest BCUT2D eigenvalue weighted by Gasteiger charge is -2.28. The number of hydrogen-bond donors (Lipinski definition) is 1. The molecule has 0 unspecified atom stereocenters. The van der Waals surface area contributed by atoms with Crippen LogP contribution in [-0.2, 0) is 0 Å². The van der Waals surface area contributed by atoms with Gasteiger partial charge in [-0.3, -0.25) is 4.98 Å². The minimum atomic E-state index is -0.0706. The average molecular weight is 454 g/mol. The van der Waals surface area contributed by atoms with Crippen LogP contribution in [0.3, 0.4) is 0 Å². The molecular formula is C27H27N5S. The first-order valence-corrected chi connectivity index (χ1v) is 11.5. The third kappa shape index (κ3) is 3.70. The number of nitrogens with one attached hydrogen (secondary N) is 1. The van der Waals surface area contributed by atoms with Crippen LogP contribution >= 0.6 is 12.2 Å². The second-order valence-corrected chi connectivity index (χ2v) is 9.02. The lowest BCUT2D eigenvalue weighted by Crippen LogP contribution is -2.29. The summed E-state index contributed by atoms with van der Waals surface area (Å²) in [7, 11) is 0. The average Bonchev–Trinajstić information content (AvgIpc) is 3.31. The van der Waals surface area contributed by atoms with Crippen LogP contribution in [0.15, 0.2) is 73.1 Å². The fraction of sp³-hybridized carbons (Fsp3) is 0.222. The summed E-state index contributed by atoms with van der Waals surface area (Å²) in [4.78, 5) is 11.6. The number of aromatic nitrogens is 3. The number of rotatable bonds is 4. The zero-order valence-corrected chi connectivity index (χ0v) is 20.1. The Hall–Kier alpha value is -3.51. The van der Waals surface area contributed by atoms with Crippen molar-refractivity contribution < 1.29 is 0 Å². The number of anilines is 1. The van der Waals surface area contributed by atoms with Crippen LogP contribution in [-0.4, -0.2) is 19.6 Å². The number of hydrogen-bond acceptors (Lipinski definition) is 3. The molecule has 0 radical (unpaired) electrons. The van der Waals surface area contributed by atoms with Gasteiger partial charge in [0, 0.05) is 29.5 Å². The van der Waals surface area contributed by atoms with Gasteiger partial charge in [-0.1, -0.05) is 29.8 Å². The van der Waals surface area contributed by atoms with Crippen molar-refractivity contribution in [1.82, 2.24) is 19.9 Å². The Morgan fingerprint density at radius 1 is 0.879 bits per heavy atom. The molecule has 4 aromatic rings. The maximum Gasteiger partial charge on any atom is 0.174 e. The van der Waals surface area contributed by atoms with Crippen LogP contribution in [0.4, 0.5) is 5.69 Å². The summed E-state index contributed by atoms with van der Waals surface area (Å²) < 4.78 is 2.24. The number of benzene rings is 1. The molecule has 4 heterocycles. The quantitative estimate of drug-likeness (QED) is 0.403. The van der Waals surface area contributed by atoms with Crippen molar-refractivity contribution in [2.45, 2.75) is 39.8 Å². The summed E-state index contributed by atoms with van der Waals surface area (Å²) >= 11 is 5.87. The van der Waals surface area contributed by atoms with Gasteiger partial charge in [-0.15, -0.1) is 0 Å². The van der Waals surface area contributed by atoms with Crippen molar-refractivity contribution in [2.75, 3.05) is 4.90 Å². The molecule has 1 aromatic carbocycles. The predicted octanol–water partition coefficient (Wildman–Crippen LogP) is 5.68. The number of pyridine rings is 2. The van der Waals surface area contributed by atoms with Gasteiger partial charge in [-0.25, -0.2) is 4.98 Å². The molecular weight excluding hydrogens is 426 g/mol. The molecule has 1 N–H and O–H groups in total. The van der Waals surface area contributed by atoms with E-state index in [1.54, 1.807) is 0 Å². The van der Waals surface area contributed by atoms with E-state index >= 15 is 0 Å². The topological polar surface area (TPSA) is 46.0 Å². The number of aryl methyl sites for hydroxylation is 3. The van der Waals surface area contributed by atoms with Gasteiger partial charge in [0.1, 0.15) is 5.82 Å². The van der Waals surface area contributed by atoms with Crippen molar-refractivity contribution in [3.63, 3.8) is 0 Å². The summed E-state index contributed by atoms with van der Waals surface area (Å²) in [5.41, 5.74) is 7.91. The molecule has 2 atom stereocenters. The van der Waals surface area contributed by atoms with Crippen LogP contribution in [0.5, 0.6) is 0 Å². The third-order valence-electron chi connectivity index (χ3n) is 6.39. The molecule has 3 aromatic heterocycles. The number of nitrogens with zero attached hydrogens (tertiary/aromatic N) is 4. The Kier molecular flexibility index (Phi) is 5.46. The van der Waals surface area contributed by atoms with Crippen molar-refractivity contribution in [1.29, 1.82) is 0 Å². The van der Waals surface area contributed by atoms with Crippen LogP contribution in [0, 0.1) is 27.7 Å². The minimum absolute atomic E-state index is 0.0425. The second kappa shape index (κ2) is 8.45.